The molecule has 0 spiro atoms. The number of hydrogen-bond donors (Lipinski definition) is 1. The fourth-order valence-electron chi connectivity index (χ4n) is 1.24. The second kappa shape index (κ2) is 3.55. The summed E-state index contributed by atoms with van der Waals surface area (Å²) in [4.78, 5) is 12.4. The van der Waals surface area contributed by atoms with E-state index in [1.807, 2.05) is 23.8 Å². The first-order chi connectivity index (χ1) is 6.81. The molecule has 0 aliphatic rings. The molecule has 72 valence electrons. The van der Waals surface area contributed by atoms with Crippen LogP contribution in [0.1, 0.15) is 11.6 Å². The maximum atomic E-state index is 5.46. The summed E-state index contributed by atoms with van der Waals surface area (Å²) in [7, 11) is 0. The smallest absolute Gasteiger partial charge is 0.144 e. The van der Waals surface area contributed by atoms with Crippen molar-refractivity contribution >= 4 is 0 Å². The Morgan fingerprint density at radius 2 is 2.21 bits per heavy atom. The lowest BCUT2D eigenvalue weighted by Gasteiger charge is -2.04. The zero-order chi connectivity index (χ0) is 9.97. The summed E-state index contributed by atoms with van der Waals surface area (Å²) in [5, 5.41) is 0. The summed E-state index contributed by atoms with van der Waals surface area (Å²) in [5.41, 5.74) is 5.46. The normalized spacial score (nSPS) is 10.4. The summed E-state index contributed by atoms with van der Waals surface area (Å²) < 4.78 is 1.89. The average Bonchev–Trinajstić information content (AvgIpc) is 2.65. The van der Waals surface area contributed by atoms with E-state index in [1.54, 1.807) is 12.4 Å². The summed E-state index contributed by atoms with van der Waals surface area (Å²) in [6.07, 6.45) is 5.29. The number of nitrogens with two attached hydrogens (primary N) is 1. The summed E-state index contributed by atoms with van der Waals surface area (Å²) in [6.45, 7) is 2.27. The second-order valence-electron chi connectivity index (χ2n) is 2.88. The van der Waals surface area contributed by atoms with Crippen LogP contribution in [0.15, 0.2) is 24.7 Å². The molecule has 0 fully saturated rings. The first kappa shape index (κ1) is 8.83. The van der Waals surface area contributed by atoms with Crippen LogP contribution in [-0.4, -0.2) is 19.5 Å². The van der Waals surface area contributed by atoms with E-state index in [-0.39, 0.29) is 0 Å². The largest absolute Gasteiger partial charge is 0.324 e. The Balaban J connectivity index is 2.47. The van der Waals surface area contributed by atoms with Gasteiger partial charge in [0.2, 0.25) is 0 Å². The maximum Gasteiger partial charge on any atom is 0.144 e. The fraction of sp³-hybridized carbons (Fsp3) is 0.222. The minimum Gasteiger partial charge on any atom is -0.324 e. The lowest BCUT2D eigenvalue weighted by molar-refractivity contribution is 0.853. The van der Waals surface area contributed by atoms with Crippen molar-refractivity contribution in [2.75, 3.05) is 0 Å². The molecule has 0 unspecified atom stereocenters. The van der Waals surface area contributed by atoms with E-state index in [4.69, 9.17) is 5.73 Å². The van der Waals surface area contributed by atoms with Gasteiger partial charge in [0, 0.05) is 18.6 Å². The van der Waals surface area contributed by atoms with Crippen LogP contribution in [0.5, 0.6) is 0 Å². The van der Waals surface area contributed by atoms with Crippen molar-refractivity contribution < 1.29 is 0 Å². The number of nitrogens with zero attached hydrogens (tertiary/aromatic N) is 4. The van der Waals surface area contributed by atoms with Crippen molar-refractivity contribution in [1.82, 2.24) is 19.5 Å². The summed E-state index contributed by atoms with van der Waals surface area (Å²) in [5.74, 6) is 2.33. The minimum atomic E-state index is 0.349. The molecule has 0 saturated carbocycles. The molecule has 2 N–H and O–H groups in total. The molecule has 0 saturated heterocycles. The molecule has 0 aliphatic heterocycles. The van der Waals surface area contributed by atoms with E-state index in [0.29, 0.717) is 12.4 Å². The van der Waals surface area contributed by atoms with Gasteiger partial charge in [0.25, 0.3) is 0 Å². The van der Waals surface area contributed by atoms with Crippen molar-refractivity contribution in [2.45, 2.75) is 13.5 Å². The molecule has 2 rings (SSSR count). The van der Waals surface area contributed by atoms with Crippen LogP contribution in [0.2, 0.25) is 0 Å². The molecule has 14 heavy (non-hydrogen) atoms. The molecule has 0 amide bonds. The lowest BCUT2D eigenvalue weighted by atomic mass is 10.5. The fourth-order valence-corrected chi connectivity index (χ4v) is 1.24. The highest BCUT2D eigenvalue weighted by Gasteiger charge is 2.02. The molecular weight excluding hydrogens is 178 g/mol. The van der Waals surface area contributed by atoms with E-state index in [9.17, 15) is 0 Å². The van der Waals surface area contributed by atoms with Crippen LogP contribution in [0.25, 0.3) is 5.82 Å². The third kappa shape index (κ3) is 1.49. The number of hydrogen-bond acceptors (Lipinski definition) is 4. The molecule has 0 bridgehead atoms. The van der Waals surface area contributed by atoms with Gasteiger partial charge in [-0.2, -0.15) is 0 Å². The highest BCUT2D eigenvalue weighted by atomic mass is 15.1. The average molecular weight is 189 g/mol. The molecule has 0 radical (unpaired) electrons. The second-order valence-corrected chi connectivity index (χ2v) is 2.88. The SMILES string of the molecule is Cc1nccn1-c1ccnc(CN)n1. The van der Waals surface area contributed by atoms with Crippen LogP contribution in [0.4, 0.5) is 0 Å². The van der Waals surface area contributed by atoms with Crippen LogP contribution in [0.3, 0.4) is 0 Å². The molecule has 0 aliphatic carbocycles. The zero-order valence-electron chi connectivity index (χ0n) is 7.88. The highest BCUT2D eigenvalue weighted by Crippen LogP contribution is 2.06. The monoisotopic (exact) mass is 189 g/mol. The Kier molecular flexibility index (Phi) is 2.24. The van der Waals surface area contributed by atoms with Crippen molar-refractivity contribution in [3.63, 3.8) is 0 Å². The van der Waals surface area contributed by atoms with Crippen LogP contribution < -0.4 is 5.73 Å². The van der Waals surface area contributed by atoms with Crippen LogP contribution in [-0.2, 0) is 6.54 Å². The third-order valence-corrected chi connectivity index (χ3v) is 1.95. The highest BCUT2D eigenvalue weighted by molar-refractivity contribution is 5.22. The minimum absolute atomic E-state index is 0.349. The lowest BCUT2D eigenvalue weighted by Crippen LogP contribution is -2.06. The molecule has 2 aromatic rings. The molecule has 0 aromatic carbocycles. The van der Waals surface area contributed by atoms with Gasteiger partial charge in [-0.05, 0) is 13.0 Å². The van der Waals surface area contributed by atoms with Gasteiger partial charge in [-0.25, -0.2) is 15.0 Å². The number of imidazole rings is 1. The Morgan fingerprint density at radius 1 is 1.36 bits per heavy atom. The molecule has 0 atom stereocenters. The first-order valence-corrected chi connectivity index (χ1v) is 4.33. The van der Waals surface area contributed by atoms with Gasteiger partial charge in [0.15, 0.2) is 0 Å². The van der Waals surface area contributed by atoms with E-state index < -0.39 is 0 Å². The van der Waals surface area contributed by atoms with Gasteiger partial charge < -0.3 is 5.73 Å². The van der Waals surface area contributed by atoms with Gasteiger partial charge in [-0.15, -0.1) is 0 Å². The molecule has 2 heterocycles. The summed E-state index contributed by atoms with van der Waals surface area (Å²) >= 11 is 0. The van der Waals surface area contributed by atoms with Crippen molar-refractivity contribution in [1.29, 1.82) is 0 Å². The Labute approximate surface area is 81.6 Å². The Bertz CT molecular complexity index is 434. The van der Waals surface area contributed by atoms with Crippen LogP contribution >= 0.6 is 0 Å². The first-order valence-electron chi connectivity index (χ1n) is 4.33. The predicted octanol–water partition coefficient (Wildman–Crippen LogP) is 0.429. The number of rotatable bonds is 2. The van der Waals surface area contributed by atoms with Gasteiger partial charge in [0.05, 0.1) is 6.54 Å². The van der Waals surface area contributed by atoms with Crippen molar-refractivity contribution in [3.05, 3.63) is 36.3 Å². The van der Waals surface area contributed by atoms with E-state index in [2.05, 4.69) is 15.0 Å². The Morgan fingerprint density at radius 3 is 2.86 bits per heavy atom. The maximum absolute atomic E-state index is 5.46. The van der Waals surface area contributed by atoms with E-state index >= 15 is 0 Å². The molecule has 5 heteroatoms. The topological polar surface area (TPSA) is 69.6 Å². The molecule has 5 nitrogen and oxygen atoms in total. The third-order valence-electron chi connectivity index (χ3n) is 1.95. The van der Waals surface area contributed by atoms with Gasteiger partial charge in [0.1, 0.15) is 17.5 Å². The number of aromatic nitrogens is 4. The zero-order valence-corrected chi connectivity index (χ0v) is 7.88. The Hall–Kier alpha value is -1.75. The van der Waals surface area contributed by atoms with E-state index in [1.165, 1.54) is 0 Å². The molecule has 2 aromatic heterocycles. The van der Waals surface area contributed by atoms with Crippen LogP contribution in [0, 0.1) is 6.92 Å². The molecular formula is C9H11N5. The van der Waals surface area contributed by atoms with Crippen molar-refractivity contribution in [2.24, 2.45) is 5.73 Å². The number of aryl methyl sites for hydroxylation is 1. The standard InChI is InChI=1S/C9H11N5/c1-7-11-4-5-14(7)9-2-3-12-8(6-10)13-9/h2-5H,6,10H2,1H3. The quantitative estimate of drug-likeness (QED) is 0.743. The predicted molar refractivity (Wildman–Crippen MR) is 51.8 cm³/mol. The summed E-state index contributed by atoms with van der Waals surface area (Å²) in [6, 6.07) is 1.83. The van der Waals surface area contributed by atoms with Crippen molar-refractivity contribution in [3.8, 4) is 5.82 Å². The van der Waals surface area contributed by atoms with E-state index in [0.717, 1.165) is 11.6 Å². The van der Waals surface area contributed by atoms with Gasteiger partial charge >= 0.3 is 0 Å². The van der Waals surface area contributed by atoms with Gasteiger partial charge in [-0.3, -0.25) is 4.57 Å². The van der Waals surface area contributed by atoms with Gasteiger partial charge in [-0.1, -0.05) is 0 Å².